The van der Waals surface area contributed by atoms with E-state index in [1.54, 1.807) is 17.3 Å². The molecule has 1 amide bonds. The normalized spacial score (nSPS) is 13.9. The van der Waals surface area contributed by atoms with Crippen LogP contribution in [0, 0.1) is 0 Å². The van der Waals surface area contributed by atoms with Gasteiger partial charge >= 0.3 is 0 Å². The number of carbonyl (C=O) groups is 1. The van der Waals surface area contributed by atoms with Crippen molar-refractivity contribution in [3.63, 3.8) is 0 Å². The Kier molecular flexibility index (Phi) is 2.33. The van der Waals surface area contributed by atoms with Crippen LogP contribution in [0.1, 0.15) is 11.1 Å². The molecule has 2 heterocycles. The van der Waals surface area contributed by atoms with Crippen LogP contribution >= 0.6 is 0 Å². The van der Waals surface area contributed by atoms with Crippen LogP contribution < -0.4 is 4.90 Å². The van der Waals surface area contributed by atoms with E-state index in [1.165, 1.54) is 6.33 Å². The summed E-state index contributed by atoms with van der Waals surface area (Å²) in [6.07, 6.45) is 5.45. The summed E-state index contributed by atoms with van der Waals surface area (Å²) in [5.41, 5.74) is 3.04. The Labute approximate surface area is 98.9 Å². The van der Waals surface area contributed by atoms with Crippen molar-refractivity contribution in [2.75, 3.05) is 4.90 Å². The fourth-order valence-electron chi connectivity index (χ4n) is 2.08. The third kappa shape index (κ3) is 1.78. The van der Waals surface area contributed by atoms with Gasteiger partial charge in [-0.2, -0.15) is 0 Å². The first-order valence-electron chi connectivity index (χ1n) is 5.47. The number of anilines is 1. The molecule has 0 bridgehead atoms. The predicted octanol–water partition coefficient (Wildman–Crippen LogP) is 1.57. The van der Waals surface area contributed by atoms with Gasteiger partial charge in [0.2, 0.25) is 5.91 Å². The summed E-state index contributed by atoms with van der Waals surface area (Å²) in [5.74, 6) is 0.134. The van der Waals surface area contributed by atoms with Gasteiger partial charge in [0.25, 0.3) is 0 Å². The van der Waals surface area contributed by atoms with Crippen LogP contribution in [-0.4, -0.2) is 15.9 Å². The summed E-state index contributed by atoms with van der Waals surface area (Å²) in [6.45, 7) is 0.538. The van der Waals surface area contributed by atoms with Gasteiger partial charge in [-0.25, -0.2) is 9.97 Å². The Morgan fingerprint density at radius 1 is 1.18 bits per heavy atom. The van der Waals surface area contributed by atoms with E-state index in [2.05, 4.69) is 9.97 Å². The summed E-state index contributed by atoms with van der Waals surface area (Å²) < 4.78 is 0. The lowest BCUT2D eigenvalue weighted by molar-refractivity contribution is -0.117. The number of rotatable bonds is 2. The molecule has 0 aliphatic carbocycles. The van der Waals surface area contributed by atoms with Crippen LogP contribution in [0.5, 0.6) is 0 Å². The molecule has 0 radical (unpaired) electrons. The second kappa shape index (κ2) is 3.97. The fourth-order valence-corrected chi connectivity index (χ4v) is 2.08. The van der Waals surface area contributed by atoms with Crippen LogP contribution in [0.4, 0.5) is 5.69 Å². The van der Waals surface area contributed by atoms with Crippen LogP contribution in [0.3, 0.4) is 0 Å². The van der Waals surface area contributed by atoms with Crippen LogP contribution in [0.15, 0.2) is 43.0 Å². The van der Waals surface area contributed by atoms with Crippen molar-refractivity contribution < 1.29 is 4.79 Å². The Morgan fingerprint density at radius 3 is 2.76 bits per heavy atom. The smallest absolute Gasteiger partial charge is 0.231 e. The molecule has 0 saturated heterocycles. The molecular weight excluding hydrogens is 214 g/mol. The first-order valence-corrected chi connectivity index (χ1v) is 5.47. The molecule has 0 N–H and O–H groups in total. The van der Waals surface area contributed by atoms with Crippen molar-refractivity contribution in [3.05, 3.63) is 54.1 Å². The number of aromatic nitrogens is 2. The minimum Gasteiger partial charge on any atom is -0.307 e. The van der Waals surface area contributed by atoms with Crippen LogP contribution in [-0.2, 0) is 17.8 Å². The highest BCUT2D eigenvalue weighted by molar-refractivity contribution is 6.01. The molecule has 0 fully saturated rings. The molecule has 4 heteroatoms. The monoisotopic (exact) mass is 225 g/mol. The predicted molar refractivity (Wildman–Crippen MR) is 63.4 cm³/mol. The Hall–Kier alpha value is -2.23. The van der Waals surface area contributed by atoms with Crippen molar-refractivity contribution in [1.29, 1.82) is 0 Å². The van der Waals surface area contributed by atoms with Gasteiger partial charge in [0, 0.05) is 23.6 Å². The van der Waals surface area contributed by atoms with Gasteiger partial charge in [0.05, 0.1) is 13.0 Å². The molecule has 1 aliphatic heterocycles. The van der Waals surface area contributed by atoms with Crippen molar-refractivity contribution in [2.45, 2.75) is 13.0 Å². The van der Waals surface area contributed by atoms with Crippen molar-refractivity contribution in [1.82, 2.24) is 9.97 Å². The van der Waals surface area contributed by atoms with Crippen LogP contribution in [0.25, 0.3) is 0 Å². The molecule has 0 unspecified atom stereocenters. The first kappa shape index (κ1) is 9.96. The van der Waals surface area contributed by atoms with E-state index in [0.717, 1.165) is 16.8 Å². The quantitative estimate of drug-likeness (QED) is 0.779. The number of benzene rings is 1. The molecule has 0 spiro atoms. The largest absolute Gasteiger partial charge is 0.307 e. The van der Waals surface area contributed by atoms with E-state index < -0.39 is 0 Å². The average molecular weight is 225 g/mol. The number of para-hydroxylation sites is 1. The van der Waals surface area contributed by atoms with E-state index in [1.807, 2.05) is 24.3 Å². The molecular formula is C13H11N3O. The molecule has 84 valence electrons. The number of hydrogen-bond acceptors (Lipinski definition) is 3. The van der Waals surface area contributed by atoms with Crippen molar-refractivity contribution in [3.8, 4) is 0 Å². The van der Waals surface area contributed by atoms with E-state index >= 15 is 0 Å². The van der Waals surface area contributed by atoms with Gasteiger partial charge < -0.3 is 4.90 Å². The van der Waals surface area contributed by atoms with E-state index in [-0.39, 0.29) is 5.91 Å². The Morgan fingerprint density at radius 2 is 1.94 bits per heavy atom. The zero-order chi connectivity index (χ0) is 11.7. The van der Waals surface area contributed by atoms with Gasteiger partial charge in [-0.3, -0.25) is 4.79 Å². The zero-order valence-electron chi connectivity index (χ0n) is 9.21. The van der Waals surface area contributed by atoms with E-state index in [9.17, 15) is 4.79 Å². The van der Waals surface area contributed by atoms with Gasteiger partial charge in [-0.05, 0) is 11.6 Å². The third-order valence-electron chi connectivity index (χ3n) is 2.88. The number of fused-ring (bicyclic) bond motifs is 1. The van der Waals surface area contributed by atoms with E-state index in [0.29, 0.717) is 13.0 Å². The Bertz CT molecular complexity index is 554. The minimum atomic E-state index is 0.134. The van der Waals surface area contributed by atoms with Gasteiger partial charge in [-0.15, -0.1) is 0 Å². The SMILES string of the molecule is O=C1Cc2ccccc2N1Cc1cncnc1. The fraction of sp³-hybridized carbons (Fsp3) is 0.154. The maximum absolute atomic E-state index is 11.9. The maximum Gasteiger partial charge on any atom is 0.231 e. The Balaban J connectivity index is 1.92. The van der Waals surface area contributed by atoms with Crippen LogP contribution in [0.2, 0.25) is 0 Å². The number of amides is 1. The number of hydrogen-bond donors (Lipinski definition) is 0. The zero-order valence-corrected chi connectivity index (χ0v) is 9.21. The highest BCUT2D eigenvalue weighted by Gasteiger charge is 2.26. The summed E-state index contributed by atoms with van der Waals surface area (Å²) >= 11 is 0. The van der Waals surface area contributed by atoms with Gasteiger partial charge in [0.15, 0.2) is 0 Å². The lowest BCUT2D eigenvalue weighted by Crippen LogP contribution is -2.26. The lowest BCUT2D eigenvalue weighted by atomic mass is 10.2. The highest BCUT2D eigenvalue weighted by atomic mass is 16.2. The number of carbonyl (C=O) groups excluding carboxylic acids is 1. The number of nitrogens with zero attached hydrogens (tertiary/aromatic N) is 3. The molecule has 17 heavy (non-hydrogen) atoms. The van der Waals surface area contributed by atoms with Crippen molar-refractivity contribution in [2.24, 2.45) is 0 Å². The topological polar surface area (TPSA) is 46.1 Å². The van der Waals surface area contributed by atoms with Gasteiger partial charge in [-0.1, -0.05) is 18.2 Å². The summed E-state index contributed by atoms with van der Waals surface area (Å²) in [7, 11) is 0. The first-order chi connectivity index (χ1) is 8.34. The second-order valence-electron chi connectivity index (χ2n) is 4.03. The molecule has 1 aliphatic rings. The molecule has 3 rings (SSSR count). The minimum absolute atomic E-state index is 0.134. The molecule has 0 saturated carbocycles. The summed E-state index contributed by atoms with van der Waals surface area (Å²) in [5, 5.41) is 0. The van der Waals surface area contributed by atoms with Gasteiger partial charge in [0.1, 0.15) is 6.33 Å². The molecule has 1 aromatic carbocycles. The molecule has 2 aromatic rings. The standard InChI is InChI=1S/C13H11N3O/c17-13-5-11-3-1-2-4-12(11)16(13)8-10-6-14-9-15-7-10/h1-4,6-7,9H,5,8H2. The molecule has 0 atom stereocenters. The third-order valence-corrected chi connectivity index (χ3v) is 2.88. The molecule has 1 aromatic heterocycles. The lowest BCUT2D eigenvalue weighted by Gasteiger charge is -2.16. The van der Waals surface area contributed by atoms with Crippen molar-refractivity contribution >= 4 is 11.6 Å². The summed E-state index contributed by atoms with van der Waals surface area (Å²) in [4.78, 5) is 21.6. The second-order valence-corrected chi connectivity index (χ2v) is 4.03. The van der Waals surface area contributed by atoms with E-state index in [4.69, 9.17) is 0 Å². The molecule has 4 nitrogen and oxygen atoms in total. The average Bonchev–Trinajstić information content (AvgIpc) is 2.68. The maximum atomic E-state index is 11.9. The summed E-state index contributed by atoms with van der Waals surface area (Å²) in [6, 6.07) is 7.88. The highest BCUT2D eigenvalue weighted by Crippen LogP contribution is 2.29.